The lowest BCUT2D eigenvalue weighted by molar-refractivity contribution is -0.125. The summed E-state index contributed by atoms with van der Waals surface area (Å²) in [6.45, 7) is 8.70. The fraction of sp³-hybridized carbons (Fsp3) is 0.562. The molecule has 0 aliphatic heterocycles. The first-order valence-corrected chi connectivity index (χ1v) is 8.01. The summed E-state index contributed by atoms with van der Waals surface area (Å²) >= 11 is 1.71. The molecule has 0 radical (unpaired) electrons. The smallest absolute Gasteiger partial charge is 0.223 e. The van der Waals surface area contributed by atoms with E-state index in [2.05, 4.69) is 38.2 Å². The molecule has 0 bridgehead atoms. The molecule has 0 aliphatic rings. The van der Waals surface area contributed by atoms with Gasteiger partial charge in [0.05, 0.1) is 0 Å². The van der Waals surface area contributed by atoms with Gasteiger partial charge in [-0.15, -0.1) is 11.8 Å². The molecule has 0 spiro atoms. The van der Waals surface area contributed by atoms with Crippen molar-refractivity contribution in [1.29, 1.82) is 0 Å². The summed E-state index contributed by atoms with van der Waals surface area (Å²) in [7, 11) is 0. The van der Waals surface area contributed by atoms with Gasteiger partial charge in [-0.2, -0.15) is 0 Å². The van der Waals surface area contributed by atoms with Crippen molar-refractivity contribution < 1.29 is 4.79 Å². The SMILES string of the molecule is CC(CSc1ccccc1)C(=O)NC(CN)C(C)(C)C. The molecule has 2 atom stereocenters. The standard InChI is InChI=1S/C16H26N2OS/c1-12(11-20-13-8-6-5-7-9-13)15(19)18-14(10-17)16(2,3)4/h5-9,12,14H,10-11,17H2,1-4H3,(H,18,19). The van der Waals surface area contributed by atoms with Gasteiger partial charge in [-0.1, -0.05) is 45.9 Å². The molecule has 3 N–H and O–H groups in total. The Morgan fingerprint density at radius 3 is 2.40 bits per heavy atom. The molecule has 4 heteroatoms. The Hall–Kier alpha value is -1.00. The number of nitrogens with two attached hydrogens (primary N) is 1. The van der Waals surface area contributed by atoms with Crippen molar-refractivity contribution in [2.45, 2.75) is 38.6 Å². The summed E-state index contributed by atoms with van der Waals surface area (Å²) < 4.78 is 0. The van der Waals surface area contributed by atoms with Crippen LogP contribution in [0.1, 0.15) is 27.7 Å². The average Bonchev–Trinajstić information content (AvgIpc) is 2.41. The van der Waals surface area contributed by atoms with E-state index in [4.69, 9.17) is 5.73 Å². The normalized spacial score (nSPS) is 14.7. The zero-order chi connectivity index (χ0) is 15.2. The number of nitrogens with one attached hydrogen (secondary N) is 1. The summed E-state index contributed by atoms with van der Waals surface area (Å²) in [6, 6.07) is 10.2. The molecular weight excluding hydrogens is 268 g/mol. The van der Waals surface area contributed by atoms with Gasteiger partial charge in [-0.25, -0.2) is 0 Å². The van der Waals surface area contributed by atoms with Gasteiger partial charge in [0.1, 0.15) is 0 Å². The molecule has 0 aromatic heterocycles. The third-order valence-corrected chi connectivity index (χ3v) is 4.56. The minimum atomic E-state index is -0.0309. The van der Waals surface area contributed by atoms with Crippen molar-refractivity contribution in [3.05, 3.63) is 30.3 Å². The number of hydrogen-bond donors (Lipinski definition) is 2. The van der Waals surface area contributed by atoms with Gasteiger partial charge in [0, 0.05) is 29.2 Å². The van der Waals surface area contributed by atoms with Crippen molar-refractivity contribution in [2.75, 3.05) is 12.3 Å². The van der Waals surface area contributed by atoms with Gasteiger partial charge in [0.2, 0.25) is 5.91 Å². The van der Waals surface area contributed by atoms with Crippen LogP contribution >= 0.6 is 11.8 Å². The quantitative estimate of drug-likeness (QED) is 0.793. The lowest BCUT2D eigenvalue weighted by atomic mass is 9.86. The third-order valence-electron chi connectivity index (χ3n) is 3.29. The molecule has 0 aliphatic carbocycles. The fourth-order valence-electron chi connectivity index (χ4n) is 1.76. The van der Waals surface area contributed by atoms with Crippen LogP contribution in [0.15, 0.2) is 35.2 Å². The van der Waals surface area contributed by atoms with Crippen LogP contribution in [0.4, 0.5) is 0 Å². The second-order valence-corrected chi connectivity index (χ2v) is 7.28. The Balaban J connectivity index is 2.47. The molecule has 112 valence electrons. The maximum atomic E-state index is 12.2. The molecule has 1 aromatic carbocycles. The van der Waals surface area contributed by atoms with Crippen LogP contribution in [0.3, 0.4) is 0 Å². The summed E-state index contributed by atoms with van der Waals surface area (Å²) in [5.41, 5.74) is 5.74. The number of rotatable bonds is 6. The van der Waals surface area contributed by atoms with Crippen LogP contribution < -0.4 is 11.1 Å². The van der Waals surface area contributed by atoms with Crippen LogP contribution in [-0.2, 0) is 4.79 Å². The van der Waals surface area contributed by atoms with Gasteiger partial charge >= 0.3 is 0 Å². The van der Waals surface area contributed by atoms with Crippen LogP contribution in [0, 0.1) is 11.3 Å². The van der Waals surface area contributed by atoms with E-state index in [1.165, 1.54) is 4.90 Å². The van der Waals surface area contributed by atoms with Crippen molar-refractivity contribution in [1.82, 2.24) is 5.32 Å². The third kappa shape index (κ3) is 5.55. The maximum absolute atomic E-state index is 12.2. The molecule has 0 saturated heterocycles. The van der Waals surface area contributed by atoms with E-state index in [0.29, 0.717) is 6.54 Å². The first-order chi connectivity index (χ1) is 9.34. The average molecular weight is 294 g/mol. The van der Waals surface area contributed by atoms with E-state index in [-0.39, 0.29) is 23.3 Å². The number of carbonyl (C=O) groups excluding carboxylic acids is 1. The van der Waals surface area contributed by atoms with E-state index < -0.39 is 0 Å². The fourth-order valence-corrected chi connectivity index (χ4v) is 2.70. The van der Waals surface area contributed by atoms with Crippen LogP contribution in [-0.4, -0.2) is 24.2 Å². The minimum Gasteiger partial charge on any atom is -0.351 e. The molecule has 2 unspecified atom stereocenters. The summed E-state index contributed by atoms with van der Waals surface area (Å²) in [5, 5.41) is 3.07. The molecule has 1 rings (SSSR count). The molecule has 0 saturated carbocycles. The maximum Gasteiger partial charge on any atom is 0.223 e. The van der Waals surface area contributed by atoms with Gasteiger partial charge in [0.15, 0.2) is 0 Å². The zero-order valence-electron chi connectivity index (χ0n) is 12.8. The topological polar surface area (TPSA) is 55.1 Å². The number of benzene rings is 1. The second kappa shape index (κ2) is 7.70. The first-order valence-electron chi connectivity index (χ1n) is 7.03. The van der Waals surface area contributed by atoms with Crippen LogP contribution in [0.2, 0.25) is 0 Å². The predicted molar refractivity (Wildman–Crippen MR) is 86.8 cm³/mol. The molecule has 3 nitrogen and oxygen atoms in total. The van der Waals surface area contributed by atoms with E-state index in [0.717, 1.165) is 5.75 Å². The van der Waals surface area contributed by atoms with Gasteiger partial charge in [0.25, 0.3) is 0 Å². The number of hydrogen-bond acceptors (Lipinski definition) is 3. The first kappa shape index (κ1) is 17.1. The van der Waals surface area contributed by atoms with Gasteiger partial charge in [-0.05, 0) is 17.5 Å². The molecule has 1 aromatic rings. The molecule has 0 fully saturated rings. The Bertz CT molecular complexity index is 414. The van der Waals surface area contributed by atoms with Crippen molar-refractivity contribution >= 4 is 17.7 Å². The second-order valence-electron chi connectivity index (χ2n) is 6.19. The van der Waals surface area contributed by atoms with Crippen molar-refractivity contribution in [3.8, 4) is 0 Å². The van der Waals surface area contributed by atoms with Crippen molar-refractivity contribution in [3.63, 3.8) is 0 Å². The Labute approximate surface area is 126 Å². The highest BCUT2D eigenvalue weighted by atomic mass is 32.2. The van der Waals surface area contributed by atoms with Gasteiger partial charge in [-0.3, -0.25) is 4.79 Å². The summed E-state index contributed by atoms with van der Waals surface area (Å²) in [5.74, 6) is 0.826. The van der Waals surface area contributed by atoms with E-state index in [1.54, 1.807) is 11.8 Å². The largest absolute Gasteiger partial charge is 0.351 e. The lowest BCUT2D eigenvalue weighted by Crippen LogP contribution is -2.50. The Morgan fingerprint density at radius 1 is 1.30 bits per heavy atom. The molecule has 20 heavy (non-hydrogen) atoms. The Morgan fingerprint density at radius 2 is 1.90 bits per heavy atom. The van der Waals surface area contributed by atoms with Crippen LogP contribution in [0.5, 0.6) is 0 Å². The van der Waals surface area contributed by atoms with E-state index in [1.807, 2.05) is 25.1 Å². The predicted octanol–water partition coefficient (Wildman–Crippen LogP) is 2.90. The summed E-state index contributed by atoms with van der Waals surface area (Å²) in [4.78, 5) is 13.4. The number of thioether (sulfide) groups is 1. The van der Waals surface area contributed by atoms with Crippen LogP contribution in [0.25, 0.3) is 0 Å². The zero-order valence-corrected chi connectivity index (χ0v) is 13.7. The van der Waals surface area contributed by atoms with E-state index in [9.17, 15) is 4.79 Å². The van der Waals surface area contributed by atoms with Crippen molar-refractivity contribution in [2.24, 2.45) is 17.1 Å². The number of carbonyl (C=O) groups is 1. The van der Waals surface area contributed by atoms with E-state index >= 15 is 0 Å². The number of amides is 1. The Kier molecular flexibility index (Phi) is 6.56. The lowest BCUT2D eigenvalue weighted by Gasteiger charge is -2.31. The summed E-state index contributed by atoms with van der Waals surface area (Å²) in [6.07, 6.45) is 0. The highest BCUT2D eigenvalue weighted by Gasteiger charge is 2.26. The highest BCUT2D eigenvalue weighted by Crippen LogP contribution is 2.22. The molecular formula is C16H26N2OS. The highest BCUT2D eigenvalue weighted by molar-refractivity contribution is 7.99. The molecule has 1 amide bonds. The molecule has 0 heterocycles. The monoisotopic (exact) mass is 294 g/mol. The minimum absolute atomic E-state index is 0.0131. The van der Waals surface area contributed by atoms with Gasteiger partial charge < -0.3 is 11.1 Å².